The van der Waals surface area contributed by atoms with Gasteiger partial charge < -0.3 is 9.73 Å². The number of carbonyl (C=O) groups excluding carboxylic acids is 3. The molecule has 0 radical (unpaired) electrons. The summed E-state index contributed by atoms with van der Waals surface area (Å²) < 4.78 is 5.70. The van der Waals surface area contributed by atoms with Crippen molar-refractivity contribution < 1.29 is 23.7 Å². The summed E-state index contributed by atoms with van der Waals surface area (Å²) in [5.41, 5.74) is -0.154. The van der Waals surface area contributed by atoms with Gasteiger partial charge in [0.25, 0.3) is 17.5 Å². The Morgan fingerprint density at radius 3 is 2.66 bits per heavy atom. The number of furan rings is 1. The number of benzene rings is 2. The first-order valence-corrected chi connectivity index (χ1v) is 8.78. The fourth-order valence-corrected chi connectivity index (χ4v) is 3.33. The Morgan fingerprint density at radius 2 is 1.93 bits per heavy atom. The Kier molecular flexibility index (Phi) is 4.34. The third-order valence-electron chi connectivity index (χ3n) is 4.72. The molecular formula is C20H15N3O6. The van der Waals surface area contributed by atoms with E-state index < -0.39 is 40.9 Å². The lowest BCUT2D eigenvalue weighted by atomic mass is 10.1. The van der Waals surface area contributed by atoms with E-state index in [-0.39, 0.29) is 11.1 Å². The number of nitro benzene ring substituents is 1. The Morgan fingerprint density at radius 1 is 1.17 bits per heavy atom. The highest BCUT2D eigenvalue weighted by molar-refractivity contribution is 6.24. The molecule has 9 nitrogen and oxygen atoms in total. The van der Waals surface area contributed by atoms with Gasteiger partial charge >= 0.3 is 0 Å². The van der Waals surface area contributed by atoms with Crippen molar-refractivity contribution >= 4 is 34.4 Å². The van der Waals surface area contributed by atoms with Crippen molar-refractivity contribution in [1.82, 2.24) is 10.2 Å². The van der Waals surface area contributed by atoms with Crippen LogP contribution in [0.25, 0.3) is 11.0 Å². The lowest BCUT2D eigenvalue weighted by molar-refractivity contribution is -0.385. The molecule has 3 aromatic rings. The number of nitrogens with zero attached hydrogens (tertiary/aromatic N) is 2. The van der Waals surface area contributed by atoms with Gasteiger partial charge in [-0.2, -0.15) is 0 Å². The summed E-state index contributed by atoms with van der Waals surface area (Å²) in [6.45, 7) is 1.16. The van der Waals surface area contributed by atoms with Crippen molar-refractivity contribution in [2.75, 3.05) is 6.54 Å². The van der Waals surface area contributed by atoms with Gasteiger partial charge in [-0.1, -0.05) is 24.3 Å². The van der Waals surface area contributed by atoms with Gasteiger partial charge in [-0.25, -0.2) is 0 Å². The van der Waals surface area contributed by atoms with Gasteiger partial charge in [0, 0.05) is 11.5 Å². The zero-order chi connectivity index (χ0) is 20.7. The van der Waals surface area contributed by atoms with Crippen molar-refractivity contribution in [3.8, 4) is 0 Å². The molecule has 4 rings (SSSR count). The van der Waals surface area contributed by atoms with Gasteiger partial charge in [0.2, 0.25) is 5.91 Å². The summed E-state index contributed by atoms with van der Waals surface area (Å²) in [6, 6.07) is 12.5. The fourth-order valence-electron chi connectivity index (χ4n) is 3.33. The third kappa shape index (κ3) is 3.12. The van der Waals surface area contributed by atoms with Crippen molar-refractivity contribution in [2.24, 2.45) is 0 Å². The van der Waals surface area contributed by atoms with E-state index in [0.29, 0.717) is 16.2 Å². The summed E-state index contributed by atoms with van der Waals surface area (Å²) in [7, 11) is 0. The fraction of sp³-hybridized carbons (Fsp3) is 0.150. The maximum Gasteiger partial charge on any atom is 0.282 e. The predicted octanol–water partition coefficient (Wildman–Crippen LogP) is 2.81. The van der Waals surface area contributed by atoms with Crippen LogP contribution in [0.5, 0.6) is 0 Å². The normalized spacial score (nSPS) is 14.2. The van der Waals surface area contributed by atoms with Crippen molar-refractivity contribution in [2.45, 2.75) is 13.0 Å². The van der Waals surface area contributed by atoms with Gasteiger partial charge in [0.05, 0.1) is 16.5 Å². The number of fused-ring (bicyclic) bond motifs is 2. The summed E-state index contributed by atoms with van der Waals surface area (Å²) in [5, 5.41) is 14.7. The molecule has 1 N–H and O–H groups in total. The Hall–Kier alpha value is -4.01. The number of rotatable bonds is 5. The highest BCUT2D eigenvalue weighted by Gasteiger charge is 2.41. The van der Waals surface area contributed by atoms with Crippen molar-refractivity contribution in [3.05, 3.63) is 75.5 Å². The van der Waals surface area contributed by atoms with Crippen LogP contribution in [0.2, 0.25) is 0 Å². The first kappa shape index (κ1) is 18.4. The molecule has 0 saturated carbocycles. The molecule has 146 valence electrons. The topological polar surface area (TPSA) is 123 Å². The highest BCUT2D eigenvalue weighted by Crippen LogP contribution is 2.30. The second kappa shape index (κ2) is 6.86. The molecule has 9 heteroatoms. The second-order valence-corrected chi connectivity index (χ2v) is 6.63. The van der Waals surface area contributed by atoms with E-state index in [2.05, 4.69) is 5.32 Å². The Bertz CT molecular complexity index is 1150. The molecule has 1 atom stereocenters. The molecule has 1 aliphatic heterocycles. The van der Waals surface area contributed by atoms with Crippen LogP contribution in [-0.4, -0.2) is 34.1 Å². The summed E-state index contributed by atoms with van der Waals surface area (Å²) in [4.78, 5) is 48.6. The van der Waals surface area contributed by atoms with Crippen LogP contribution in [0.1, 0.15) is 39.4 Å². The quantitative estimate of drug-likeness (QED) is 0.404. The number of para-hydroxylation sites is 1. The minimum atomic E-state index is -0.858. The van der Waals surface area contributed by atoms with E-state index >= 15 is 0 Å². The third-order valence-corrected chi connectivity index (χ3v) is 4.72. The molecule has 3 amide bonds. The van der Waals surface area contributed by atoms with Crippen LogP contribution >= 0.6 is 0 Å². The second-order valence-electron chi connectivity index (χ2n) is 6.63. The molecule has 1 unspecified atom stereocenters. The molecule has 1 aromatic heterocycles. The minimum Gasteiger partial charge on any atom is -0.459 e. The SMILES string of the molecule is CC(NC(=O)CN1C(=O)c2cccc([N+](=O)[O-])c2C1=O)c1cc2ccccc2o1. The van der Waals surface area contributed by atoms with E-state index in [1.807, 2.05) is 18.2 Å². The van der Waals surface area contributed by atoms with E-state index in [9.17, 15) is 24.5 Å². The molecule has 2 aromatic carbocycles. The molecule has 0 bridgehead atoms. The Balaban J connectivity index is 1.50. The maximum atomic E-state index is 12.5. The van der Waals surface area contributed by atoms with E-state index in [0.717, 1.165) is 11.5 Å². The monoisotopic (exact) mass is 393 g/mol. The molecule has 0 saturated heterocycles. The molecule has 0 spiro atoms. The predicted molar refractivity (Wildman–Crippen MR) is 101 cm³/mol. The van der Waals surface area contributed by atoms with Gasteiger partial charge in [0.1, 0.15) is 23.5 Å². The van der Waals surface area contributed by atoms with Gasteiger partial charge in [0.15, 0.2) is 0 Å². The Labute approximate surface area is 164 Å². The van der Waals surface area contributed by atoms with E-state index in [4.69, 9.17) is 4.42 Å². The molecule has 0 fully saturated rings. The lowest BCUT2D eigenvalue weighted by Crippen LogP contribution is -2.41. The summed E-state index contributed by atoms with van der Waals surface area (Å²) in [5.74, 6) is -1.66. The zero-order valence-corrected chi connectivity index (χ0v) is 15.2. The number of hydrogen-bond acceptors (Lipinski definition) is 6. The molecule has 0 aliphatic carbocycles. The lowest BCUT2D eigenvalue weighted by Gasteiger charge is -2.16. The molecule has 2 heterocycles. The first-order chi connectivity index (χ1) is 13.9. The smallest absolute Gasteiger partial charge is 0.282 e. The van der Waals surface area contributed by atoms with Crippen LogP contribution in [0.4, 0.5) is 5.69 Å². The zero-order valence-electron chi connectivity index (χ0n) is 15.2. The van der Waals surface area contributed by atoms with Crippen LogP contribution in [0.3, 0.4) is 0 Å². The largest absolute Gasteiger partial charge is 0.459 e. The van der Waals surface area contributed by atoms with Crippen molar-refractivity contribution in [1.29, 1.82) is 0 Å². The van der Waals surface area contributed by atoms with Crippen LogP contribution in [0.15, 0.2) is 52.9 Å². The van der Waals surface area contributed by atoms with Crippen LogP contribution in [0, 0.1) is 10.1 Å². The average molecular weight is 393 g/mol. The van der Waals surface area contributed by atoms with Crippen LogP contribution < -0.4 is 5.32 Å². The molecule has 1 aliphatic rings. The standard InChI is InChI=1S/C20H15N3O6/c1-11(16-9-12-5-2-3-8-15(12)29-16)21-17(24)10-22-19(25)13-6-4-7-14(23(27)28)18(13)20(22)26/h2-9,11H,10H2,1H3,(H,21,24). The summed E-state index contributed by atoms with van der Waals surface area (Å²) >= 11 is 0. The van der Waals surface area contributed by atoms with Crippen LogP contribution in [-0.2, 0) is 4.79 Å². The van der Waals surface area contributed by atoms with E-state index in [1.54, 1.807) is 19.1 Å². The summed E-state index contributed by atoms with van der Waals surface area (Å²) in [6.07, 6.45) is 0. The number of amides is 3. The number of nitro groups is 1. The van der Waals surface area contributed by atoms with E-state index in [1.165, 1.54) is 12.1 Å². The molecule has 29 heavy (non-hydrogen) atoms. The van der Waals surface area contributed by atoms with Gasteiger partial charge in [-0.05, 0) is 25.1 Å². The van der Waals surface area contributed by atoms with Gasteiger partial charge in [-0.15, -0.1) is 0 Å². The average Bonchev–Trinajstić information content (AvgIpc) is 3.23. The molecular weight excluding hydrogens is 378 g/mol. The minimum absolute atomic E-state index is 0.0812. The first-order valence-electron chi connectivity index (χ1n) is 8.78. The maximum absolute atomic E-state index is 12.5. The number of imide groups is 1. The highest BCUT2D eigenvalue weighted by atomic mass is 16.6. The van der Waals surface area contributed by atoms with Crippen molar-refractivity contribution in [3.63, 3.8) is 0 Å². The number of hydrogen-bond donors (Lipinski definition) is 1. The number of carbonyl (C=O) groups is 3. The van der Waals surface area contributed by atoms with Gasteiger partial charge in [-0.3, -0.25) is 29.4 Å². The number of nitrogens with one attached hydrogen (secondary N) is 1.